The Labute approximate surface area is 124 Å². The van der Waals surface area contributed by atoms with Gasteiger partial charge in [-0.3, -0.25) is 18.8 Å². The Morgan fingerprint density at radius 1 is 1.36 bits per heavy atom. The highest BCUT2D eigenvalue weighted by Gasteiger charge is 2.19. The van der Waals surface area contributed by atoms with E-state index in [4.69, 9.17) is 0 Å². The van der Waals surface area contributed by atoms with Crippen molar-refractivity contribution in [3.63, 3.8) is 0 Å². The van der Waals surface area contributed by atoms with E-state index in [0.29, 0.717) is 10.3 Å². The van der Waals surface area contributed by atoms with E-state index in [1.54, 1.807) is 0 Å². The van der Waals surface area contributed by atoms with Gasteiger partial charge in [-0.2, -0.15) is 13.9 Å². The summed E-state index contributed by atoms with van der Waals surface area (Å²) in [7, 11) is 1.50. The molecule has 0 saturated heterocycles. The molecule has 2 amide bonds. The third-order valence-electron chi connectivity index (χ3n) is 3.03. The number of hydrogen-bond acceptors (Lipinski definition) is 3. The van der Waals surface area contributed by atoms with Gasteiger partial charge in [-0.25, -0.2) is 0 Å². The van der Waals surface area contributed by atoms with Crippen molar-refractivity contribution in [1.82, 2.24) is 19.7 Å². The molecule has 7 nitrogen and oxygen atoms in total. The molecule has 0 saturated carbocycles. The minimum absolute atomic E-state index is 0.00110. The Morgan fingerprint density at radius 3 is 2.73 bits per heavy atom. The molecule has 0 unspecified atom stereocenters. The average Bonchev–Trinajstić information content (AvgIpc) is 3.05. The zero-order valence-electron chi connectivity index (χ0n) is 12.0. The van der Waals surface area contributed by atoms with Crippen LogP contribution in [0.4, 0.5) is 14.5 Å². The average molecular weight is 311 g/mol. The molecule has 2 N–H and O–H groups in total. The Hall–Kier alpha value is -2.71. The van der Waals surface area contributed by atoms with Gasteiger partial charge < -0.3 is 10.6 Å². The van der Waals surface area contributed by atoms with Crippen LogP contribution in [0, 0.1) is 6.92 Å². The van der Waals surface area contributed by atoms with E-state index in [0.717, 1.165) is 0 Å². The normalized spacial score (nSPS) is 10.8. The molecule has 0 bridgehead atoms. The fraction of sp³-hybridized carbons (Fsp3) is 0.308. The van der Waals surface area contributed by atoms with Crippen molar-refractivity contribution in [2.45, 2.75) is 20.0 Å². The zero-order chi connectivity index (χ0) is 16.3. The van der Waals surface area contributed by atoms with Gasteiger partial charge in [0.05, 0.1) is 11.9 Å². The number of rotatable bonds is 5. The van der Waals surface area contributed by atoms with Gasteiger partial charge in [-0.15, -0.1) is 0 Å². The van der Waals surface area contributed by atoms with Gasteiger partial charge in [0.25, 0.3) is 5.91 Å². The Kier molecular flexibility index (Phi) is 4.54. The summed E-state index contributed by atoms with van der Waals surface area (Å²) in [5, 5.41) is 8.81. The van der Waals surface area contributed by atoms with E-state index in [-0.39, 0.29) is 23.8 Å². The Balaban J connectivity index is 2.11. The van der Waals surface area contributed by atoms with Crippen LogP contribution < -0.4 is 10.6 Å². The molecule has 2 rings (SSSR count). The van der Waals surface area contributed by atoms with E-state index in [1.807, 2.05) is 0 Å². The van der Waals surface area contributed by atoms with Gasteiger partial charge in [0.15, 0.2) is 0 Å². The largest absolute Gasteiger partial charge is 0.358 e. The van der Waals surface area contributed by atoms with Crippen LogP contribution in [0.2, 0.25) is 0 Å². The first-order valence-electron chi connectivity index (χ1n) is 6.42. The number of aromatic nitrogens is 3. The molecule has 0 spiro atoms. The maximum absolute atomic E-state index is 12.9. The molecule has 0 aliphatic rings. The maximum Gasteiger partial charge on any atom is 0.319 e. The molecular weight excluding hydrogens is 296 g/mol. The van der Waals surface area contributed by atoms with Gasteiger partial charge in [-0.1, -0.05) is 0 Å². The predicted octanol–water partition coefficient (Wildman–Crippen LogP) is 1.39. The van der Waals surface area contributed by atoms with Crippen molar-refractivity contribution < 1.29 is 18.4 Å². The minimum Gasteiger partial charge on any atom is -0.358 e. The van der Waals surface area contributed by atoms with Crippen molar-refractivity contribution >= 4 is 17.5 Å². The lowest BCUT2D eigenvalue weighted by Crippen LogP contribution is -2.23. The lowest BCUT2D eigenvalue weighted by Gasteiger charge is -2.09. The molecule has 0 atom stereocenters. The van der Waals surface area contributed by atoms with Crippen LogP contribution in [0.5, 0.6) is 0 Å². The highest BCUT2D eigenvalue weighted by molar-refractivity contribution is 6.03. The Morgan fingerprint density at radius 2 is 2.09 bits per heavy atom. The lowest BCUT2D eigenvalue weighted by atomic mass is 10.4. The first-order valence-corrected chi connectivity index (χ1v) is 6.42. The van der Waals surface area contributed by atoms with Crippen LogP contribution in [0.15, 0.2) is 24.5 Å². The van der Waals surface area contributed by atoms with E-state index >= 15 is 0 Å². The molecule has 2 heterocycles. The van der Waals surface area contributed by atoms with E-state index in [1.165, 1.54) is 43.2 Å². The molecule has 2 aromatic rings. The summed E-state index contributed by atoms with van der Waals surface area (Å²) in [4.78, 5) is 23.3. The smallest absolute Gasteiger partial charge is 0.319 e. The zero-order valence-corrected chi connectivity index (χ0v) is 12.0. The summed E-state index contributed by atoms with van der Waals surface area (Å²) >= 11 is 0. The number of carbonyl (C=O) groups excluding carboxylic acids is 2. The molecule has 0 aliphatic carbocycles. The number of amides is 2. The SMILES string of the molecule is CNC(=O)Cn1cc(NC(=O)c2ccc(C)n2C(F)F)cn1. The number of hydrogen-bond donors (Lipinski definition) is 2. The topological polar surface area (TPSA) is 81.0 Å². The second-order valence-electron chi connectivity index (χ2n) is 4.56. The molecule has 22 heavy (non-hydrogen) atoms. The summed E-state index contributed by atoms with van der Waals surface area (Å²) in [6, 6.07) is 2.77. The molecule has 0 radical (unpaired) electrons. The molecule has 0 aromatic carbocycles. The first kappa shape index (κ1) is 15.7. The number of nitrogens with zero attached hydrogens (tertiary/aromatic N) is 3. The fourth-order valence-electron chi connectivity index (χ4n) is 1.93. The van der Waals surface area contributed by atoms with Gasteiger partial charge in [0, 0.05) is 18.9 Å². The summed E-state index contributed by atoms with van der Waals surface area (Å²) in [5.41, 5.74) is 0.454. The molecule has 2 aromatic heterocycles. The highest BCUT2D eigenvalue weighted by Crippen LogP contribution is 2.19. The summed E-state index contributed by atoms with van der Waals surface area (Å²) in [5.74, 6) is -0.920. The van der Waals surface area contributed by atoms with E-state index in [9.17, 15) is 18.4 Å². The summed E-state index contributed by atoms with van der Waals surface area (Å²) < 4.78 is 27.8. The molecule has 0 fully saturated rings. The van der Waals surface area contributed by atoms with Crippen LogP contribution in [-0.2, 0) is 11.3 Å². The maximum atomic E-state index is 12.9. The van der Waals surface area contributed by atoms with Crippen LogP contribution in [0.3, 0.4) is 0 Å². The molecule has 0 aliphatic heterocycles. The monoisotopic (exact) mass is 311 g/mol. The highest BCUT2D eigenvalue weighted by atomic mass is 19.3. The number of anilines is 1. The lowest BCUT2D eigenvalue weighted by molar-refractivity contribution is -0.121. The van der Waals surface area contributed by atoms with Gasteiger partial charge in [-0.05, 0) is 19.1 Å². The third-order valence-corrected chi connectivity index (χ3v) is 3.03. The van der Waals surface area contributed by atoms with Crippen LogP contribution in [0.1, 0.15) is 22.7 Å². The van der Waals surface area contributed by atoms with E-state index in [2.05, 4.69) is 15.7 Å². The van der Waals surface area contributed by atoms with Gasteiger partial charge in [0.2, 0.25) is 5.91 Å². The molecular formula is C13H15F2N5O2. The molecule has 9 heteroatoms. The van der Waals surface area contributed by atoms with Gasteiger partial charge in [0.1, 0.15) is 12.2 Å². The number of carbonyl (C=O) groups is 2. The van der Waals surface area contributed by atoms with E-state index < -0.39 is 12.5 Å². The number of nitrogens with one attached hydrogen (secondary N) is 2. The van der Waals surface area contributed by atoms with Crippen LogP contribution >= 0.6 is 0 Å². The van der Waals surface area contributed by atoms with Crippen LogP contribution in [0.25, 0.3) is 0 Å². The van der Waals surface area contributed by atoms with Crippen molar-refractivity contribution in [1.29, 1.82) is 0 Å². The van der Waals surface area contributed by atoms with Crippen molar-refractivity contribution in [3.8, 4) is 0 Å². The second-order valence-corrected chi connectivity index (χ2v) is 4.56. The number of aryl methyl sites for hydroxylation is 1. The van der Waals surface area contributed by atoms with Crippen LogP contribution in [-0.4, -0.2) is 33.2 Å². The standard InChI is InChI=1S/C13H15F2N5O2/c1-8-3-4-10(20(8)13(14)15)12(22)18-9-5-17-19(6-9)7-11(21)16-2/h3-6,13H,7H2,1-2H3,(H,16,21)(H,18,22). The second kappa shape index (κ2) is 6.37. The Bertz CT molecular complexity index is 692. The van der Waals surface area contributed by atoms with Crippen molar-refractivity contribution in [2.24, 2.45) is 0 Å². The third kappa shape index (κ3) is 3.30. The predicted molar refractivity (Wildman–Crippen MR) is 74.7 cm³/mol. The fourth-order valence-corrected chi connectivity index (χ4v) is 1.93. The molecule has 118 valence electrons. The number of halogens is 2. The van der Waals surface area contributed by atoms with Crippen molar-refractivity contribution in [2.75, 3.05) is 12.4 Å². The van der Waals surface area contributed by atoms with Crippen molar-refractivity contribution in [3.05, 3.63) is 35.9 Å². The quantitative estimate of drug-likeness (QED) is 0.875. The summed E-state index contributed by atoms with van der Waals surface area (Å²) in [6.45, 7) is -1.31. The summed E-state index contributed by atoms with van der Waals surface area (Å²) in [6.07, 6.45) is 2.78. The number of alkyl halides is 2. The van der Waals surface area contributed by atoms with Gasteiger partial charge >= 0.3 is 6.55 Å². The minimum atomic E-state index is -2.80. The number of likely N-dealkylation sites (N-methyl/N-ethyl adjacent to an activating group) is 1. The first-order chi connectivity index (χ1) is 10.4.